The molecular weight excluding hydrogens is 382 g/mol. The minimum atomic E-state index is -3.90. The number of halogens is 1. The summed E-state index contributed by atoms with van der Waals surface area (Å²) in [5.74, 6) is 0.344. The van der Waals surface area contributed by atoms with Gasteiger partial charge in [-0.1, -0.05) is 11.6 Å². The minimum absolute atomic E-state index is 0.0201. The third-order valence-electron chi connectivity index (χ3n) is 3.67. The number of methoxy groups -OCH3 is 1. The monoisotopic (exact) mass is 397 g/mol. The highest BCUT2D eigenvalue weighted by molar-refractivity contribution is 7.92. The zero-order valence-corrected chi connectivity index (χ0v) is 15.4. The lowest BCUT2D eigenvalue weighted by atomic mass is 10.2. The van der Waals surface area contributed by atoms with Gasteiger partial charge in [-0.05, 0) is 24.3 Å². The summed E-state index contributed by atoms with van der Waals surface area (Å²) >= 11 is 6.17. The molecule has 2 aromatic rings. The first-order chi connectivity index (χ1) is 12.4. The maximum Gasteiger partial charge on any atom is 0.337 e. The molecule has 9 heteroatoms. The predicted octanol–water partition coefficient (Wildman–Crippen LogP) is 3.09. The number of rotatable bonds is 4. The molecule has 0 fully saturated rings. The number of nitrogens with one attached hydrogen (secondary N) is 1. The van der Waals surface area contributed by atoms with E-state index < -0.39 is 16.0 Å². The van der Waals surface area contributed by atoms with E-state index in [0.29, 0.717) is 24.7 Å². The van der Waals surface area contributed by atoms with Crippen molar-refractivity contribution >= 4 is 33.3 Å². The highest BCUT2D eigenvalue weighted by Gasteiger charge is 2.20. The molecular formula is C17H16ClNO6S. The Morgan fingerprint density at radius 1 is 1.12 bits per heavy atom. The van der Waals surface area contributed by atoms with Gasteiger partial charge in [-0.2, -0.15) is 0 Å². The van der Waals surface area contributed by atoms with Gasteiger partial charge in [0.2, 0.25) is 0 Å². The SMILES string of the molecule is COC(=O)c1ccc(S(=O)(=O)Nc2cc3c(cc2Cl)OCCCO3)cc1. The van der Waals surface area contributed by atoms with Gasteiger partial charge in [-0.15, -0.1) is 0 Å². The van der Waals surface area contributed by atoms with Crippen molar-refractivity contribution in [3.05, 3.63) is 47.0 Å². The summed E-state index contributed by atoms with van der Waals surface area (Å²) in [5.41, 5.74) is 0.424. The molecule has 1 N–H and O–H groups in total. The van der Waals surface area contributed by atoms with Crippen LogP contribution < -0.4 is 14.2 Å². The van der Waals surface area contributed by atoms with E-state index in [1.54, 1.807) is 0 Å². The Kier molecular flexibility index (Phi) is 5.24. The van der Waals surface area contributed by atoms with Gasteiger partial charge in [0.05, 0.1) is 41.5 Å². The molecule has 7 nitrogen and oxygen atoms in total. The van der Waals surface area contributed by atoms with Crippen molar-refractivity contribution in [3.8, 4) is 11.5 Å². The van der Waals surface area contributed by atoms with Gasteiger partial charge in [0.25, 0.3) is 10.0 Å². The van der Waals surface area contributed by atoms with Crippen LogP contribution in [0, 0.1) is 0 Å². The van der Waals surface area contributed by atoms with Crippen LogP contribution in [0.2, 0.25) is 5.02 Å². The molecule has 0 aromatic heterocycles. The summed E-state index contributed by atoms with van der Waals surface area (Å²) in [5, 5.41) is 0.184. The number of carbonyl (C=O) groups is 1. The van der Waals surface area contributed by atoms with E-state index in [-0.39, 0.29) is 21.2 Å². The second-order valence-corrected chi connectivity index (χ2v) is 7.54. The fourth-order valence-corrected chi connectivity index (χ4v) is 3.68. The lowest BCUT2D eigenvalue weighted by Gasteiger charge is -2.13. The van der Waals surface area contributed by atoms with Gasteiger partial charge in [-0.3, -0.25) is 4.72 Å². The van der Waals surface area contributed by atoms with Gasteiger partial charge < -0.3 is 14.2 Å². The molecule has 0 saturated heterocycles. The summed E-state index contributed by atoms with van der Waals surface area (Å²) in [7, 11) is -2.65. The Morgan fingerprint density at radius 3 is 2.35 bits per heavy atom. The largest absolute Gasteiger partial charge is 0.490 e. The number of esters is 1. The maximum atomic E-state index is 12.6. The van der Waals surface area contributed by atoms with Crippen LogP contribution in [0.3, 0.4) is 0 Å². The molecule has 0 aliphatic carbocycles. The molecule has 1 heterocycles. The zero-order chi connectivity index (χ0) is 18.7. The molecule has 0 atom stereocenters. The molecule has 2 aromatic carbocycles. The van der Waals surface area contributed by atoms with Crippen molar-refractivity contribution in [1.29, 1.82) is 0 Å². The number of hydrogen-bond donors (Lipinski definition) is 1. The Balaban J connectivity index is 1.87. The number of fused-ring (bicyclic) bond motifs is 1. The van der Waals surface area contributed by atoms with Crippen molar-refractivity contribution in [2.75, 3.05) is 25.0 Å². The summed E-state index contributed by atoms with van der Waals surface area (Å²) in [6.07, 6.45) is 0.722. The fraction of sp³-hybridized carbons (Fsp3) is 0.235. The summed E-state index contributed by atoms with van der Waals surface area (Å²) in [6, 6.07) is 8.37. The first-order valence-electron chi connectivity index (χ1n) is 7.71. The average molecular weight is 398 g/mol. The molecule has 3 rings (SSSR count). The zero-order valence-electron chi connectivity index (χ0n) is 13.8. The average Bonchev–Trinajstić information content (AvgIpc) is 2.86. The van der Waals surface area contributed by atoms with Crippen LogP contribution in [-0.2, 0) is 14.8 Å². The molecule has 0 radical (unpaired) electrons. The number of sulfonamides is 1. The number of anilines is 1. The fourth-order valence-electron chi connectivity index (χ4n) is 2.35. The van der Waals surface area contributed by atoms with Crippen LogP contribution in [-0.4, -0.2) is 34.7 Å². The summed E-state index contributed by atoms with van der Waals surface area (Å²) in [4.78, 5) is 11.4. The van der Waals surface area contributed by atoms with Gasteiger partial charge in [-0.25, -0.2) is 13.2 Å². The Labute approximate surface area is 155 Å². The predicted molar refractivity (Wildman–Crippen MR) is 95.6 cm³/mol. The van der Waals surface area contributed by atoms with E-state index in [2.05, 4.69) is 9.46 Å². The van der Waals surface area contributed by atoms with Crippen molar-refractivity contribution in [1.82, 2.24) is 0 Å². The molecule has 138 valence electrons. The number of carbonyl (C=O) groups excluding carboxylic acids is 1. The van der Waals surface area contributed by atoms with Crippen LogP contribution in [0.1, 0.15) is 16.8 Å². The maximum absolute atomic E-state index is 12.6. The van der Waals surface area contributed by atoms with Crippen molar-refractivity contribution < 1.29 is 27.4 Å². The Bertz CT molecular complexity index is 927. The van der Waals surface area contributed by atoms with E-state index in [1.807, 2.05) is 0 Å². The first kappa shape index (κ1) is 18.3. The number of hydrogen-bond acceptors (Lipinski definition) is 6. The highest BCUT2D eigenvalue weighted by Crippen LogP contribution is 2.38. The van der Waals surface area contributed by atoms with Crippen molar-refractivity contribution in [2.24, 2.45) is 0 Å². The second kappa shape index (κ2) is 7.43. The van der Waals surface area contributed by atoms with Crippen LogP contribution in [0.25, 0.3) is 0 Å². The number of ether oxygens (including phenoxy) is 3. The van der Waals surface area contributed by atoms with Crippen LogP contribution >= 0.6 is 11.6 Å². The topological polar surface area (TPSA) is 90.9 Å². The molecule has 0 bridgehead atoms. The van der Waals surface area contributed by atoms with Crippen molar-refractivity contribution in [3.63, 3.8) is 0 Å². The van der Waals surface area contributed by atoms with Crippen LogP contribution in [0.15, 0.2) is 41.3 Å². The number of benzene rings is 2. The van der Waals surface area contributed by atoms with E-state index in [1.165, 1.54) is 43.5 Å². The van der Waals surface area contributed by atoms with Gasteiger partial charge >= 0.3 is 5.97 Å². The first-order valence-corrected chi connectivity index (χ1v) is 9.57. The van der Waals surface area contributed by atoms with Crippen LogP contribution in [0.5, 0.6) is 11.5 Å². The lowest BCUT2D eigenvalue weighted by Crippen LogP contribution is -2.14. The Morgan fingerprint density at radius 2 is 1.73 bits per heavy atom. The molecule has 1 aliphatic rings. The van der Waals surface area contributed by atoms with E-state index >= 15 is 0 Å². The molecule has 0 spiro atoms. The highest BCUT2D eigenvalue weighted by atomic mass is 35.5. The second-order valence-electron chi connectivity index (χ2n) is 5.45. The van der Waals surface area contributed by atoms with Gasteiger partial charge in [0.1, 0.15) is 0 Å². The Hall–Kier alpha value is -2.45. The van der Waals surface area contributed by atoms with E-state index in [4.69, 9.17) is 21.1 Å². The standard InChI is InChI=1S/C17H16ClNO6S/c1-23-17(20)11-3-5-12(6-4-11)26(21,22)19-14-10-16-15(9-13(14)18)24-7-2-8-25-16/h3-6,9-10,19H,2,7-8H2,1H3. The molecule has 0 saturated carbocycles. The summed E-state index contributed by atoms with van der Waals surface area (Å²) < 4.78 is 43.2. The van der Waals surface area contributed by atoms with Gasteiger partial charge in [0, 0.05) is 18.6 Å². The van der Waals surface area contributed by atoms with Crippen LogP contribution in [0.4, 0.5) is 5.69 Å². The molecule has 26 heavy (non-hydrogen) atoms. The third-order valence-corrected chi connectivity index (χ3v) is 5.36. The van der Waals surface area contributed by atoms with Gasteiger partial charge in [0.15, 0.2) is 11.5 Å². The quantitative estimate of drug-likeness (QED) is 0.797. The lowest BCUT2D eigenvalue weighted by molar-refractivity contribution is 0.0600. The van der Waals surface area contributed by atoms with E-state index in [9.17, 15) is 13.2 Å². The molecule has 0 unspecified atom stereocenters. The normalized spacial score (nSPS) is 13.6. The molecule has 1 aliphatic heterocycles. The third kappa shape index (κ3) is 3.86. The van der Waals surface area contributed by atoms with Crippen molar-refractivity contribution in [2.45, 2.75) is 11.3 Å². The summed E-state index contributed by atoms with van der Waals surface area (Å²) in [6.45, 7) is 0.969. The molecule has 0 amide bonds. The van der Waals surface area contributed by atoms with E-state index in [0.717, 1.165) is 6.42 Å². The smallest absolute Gasteiger partial charge is 0.337 e. The minimum Gasteiger partial charge on any atom is -0.490 e.